The topological polar surface area (TPSA) is 96.0 Å². The maximum Gasteiger partial charge on any atom is 0.244 e. The number of rotatable bonds is 12. The van der Waals surface area contributed by atoms with E-state index in [2.05, 4.69) is 5.32 Å². The fourth-order valence-electron chi connectivity index (χ4n) is 5.18. The monoisotopic (exact) mass is 665 g/mol. The summed E-state index contributed by atoms with van der Waals surface area (Å²) in [7, 11) is -2.50. The maximum atomic E-state index is 14.2. The van der Waals surface area contributed by atoms with Crippen LogP contribution in [0.5, 0.6) is 5.75 Å². The Bertz CT molecular complexity index is 1550. The number of anilines is 1. The number of hydrogen-bond acceptors (Lipinski definition) is 5. The Morgan fingerprint density at radius 1 is 0.930 bits per heavy atom. The normalized spacial score (nSPS) is 14.3. The number of hydrogen-bond donors (Lipinski definition) is 1. The Morgan fingerprint density at radius 2 is 1.63 bits per heavy atom. The van der Waals surface area contributed by atoms with Crippen molar-refractivity contribution in [3.63, 3.8) is 0 Å². The second kappa shape index (κ2) is 14.7. The van der Waals surface area contributed by atoms with Crippen molar-refractivity contribution in [3.8, 4) is 5.75 Å². The maximum absolute atomic E-state index is 14.2. The molecule has 0 bridgehead atoms. The molecule has 1 saturated carbocycles. The van der Waals surface area contributed by atoms with E-state index >= 15 is 0 Å². The first kappa shape index (κ1) is 32.9. The lowest BCUT2D eigenvalue weighted by molar-refractivity contribution is -0.140. The molecule has 3 aromatic rings. The first-order valence-corrected chi connectivity index (χ1v) is 16.8. The van der Waals surface area contributed by atoms with Crippen LogP contribution in [0.25, 0.3) is 0 Å². The number of sulfonamides is 1. The van der Waals surface area contributed by atoms with Crippen LogP contribution in [0.15, 0.2) is 66.7 Å². The van der Waals surface area contributed by atoms with Gasteiger partial charge in [-0.3, -0.25) is 13.9 Å². The van der Waals surface area contributed by atoms with Crippen LogP contribution in [-0.2, 0) is 32.6 Å². The third-order valence-corrected chi connectivity index (χ3v) is 9.59. The van der Waals surface area contributed by atoms with Crippen molar-refractivity contribution in [2.24, 2.45) is 0 Å². The number of ether oxygens (including phenoxy) is 1. The smallest absolute Gasteiger partial charge is 0.244 e. The lowest BCUT2D eigenvalue weighted by Crippen LogP contribution is -2.54. The molecule has 1 aliphatic rings. The van der Waals surface area contributed by atoms with Crippen LogP contribution in [0.1, 0.15) is 36.8 Å². The van der Waals surface area contributed by atoms with Crippen molar-refractivity contribution in [2.75, 3.05) is 24.2 Å². The zero-order valence-corrected chi connectivity index (χ0v) is 27.0. The van der Waals surface area contributed by atoms with Gasteiger partial charge in [0.15, 0.2) is 0 Å². The highest BCUT2D eigenvalue weighted by Gasteiger charge is 2.34. The SMILES string of the molecule is COc1ccc(N(CC(=O)N(Cc2ccc(Cl)c(Cl)c2)[C@@H](Cc2ccccc2)C(=O)NC2CCCC2)S(C)(=O)=O)cc1Cl. The summed E-state index contributed by atoms with van der Waals surface area (Å²) < 4.78 is 32.1. The number of methoxy groups -OCH3 is 1. The van der Waals surface area contributed by atoms with Crippen LogP contribution in [0.4, 0.5) is 5.69 Å². The number of carbonyl (C=O) groups excluding carboxylic acids is 2. The summed E-state index contributed by atoms with van der Waals surface area (Å²) in [4.78, 5) is 29.6. The quantitative estimate of drug-likeness (QED) is 0.251. The summed E-state index contributed by atoms with van der Waals surface area (Å²) in [6.45, 7) is -0.572. The highest BCUT2D eigenvalue weighted by Crippen LogP contribution is 2.31. The van der Waals surface area contributed by atoms with Crippen molar-refractivity contribution in [1.82, 2.24) is 10.2 Å². The summed E-state index contributed by atoms with van der Waals surface area (Å²) in [5.74, 6) is -0.522. The average Bonchev–Trinajstić information content (AvgIpc) is 3.48. The van der Waals surface area contributed by atoms with E-state index < -0.39 is 28.5 Å². The van der Waals surface area contributed by atoms with Gasteiger partial charge in [-0.2, -0.15) is 0 Å². The lowest BCUT2D eigenvalue weighted by atomic mass is 10.0. The Kier molecular flexibility index (Phi) is 11.2. The van der Waals surface area contributed by atoms with Crippen LogP contribution in [0.3, 0.4) is 0 Å². The number of nitrogens with one attached hydrogen (secondary N) is 1. The van der Waals surface area contributed by atoms with Gasteiger partial charge in [0.2, 0.25) is 21.8 Å². The first-order chi connectivity index (χ1) is 20.5. The molecule has 230 valence electrons. The average molecular weight is 667 g/mol. The van der Waals surface area contributed by atoms with Crippen molar-refractivity contribution < 1.29 is 22.7 Å². The Labute approximate surface area is 267 Å². The van der Waals surface area contributed by atoms with Gasteiger partial charge >= 0.3 is 0 Å². The molecule has 2 amide bonds. The van der Waals surface area contributed by atoms with E-state index in [0.29, 0.717) is 21.4 Å². The minimum Gasteiger partial charge on any atom is -0.495 e. The molecule has 4 rings (SSSR count). The molecule has 8 nitrogen and oxygen atoms in total. The van der Waals surface area contributed by atoms with E-state index in [-0.39, 0.29) is 35.6 Å². The molecule has 43 heavy (non-hydrogen) atoms. The van der Waals surface area contributed by atoms with Gasteiger partial charge in [0.1, 0.15) is 18.3 Å². The van der Waals surface area contributed by atoms with Crippen LogP contribution in [0.2, 0.25) is 15.1 Å². The second-order valence-corrected chi connectivity index (χ2v) is 13.7. The first-order valence-electron chi connectivity index (χ1n) is 13.8. The summed E-state index contributed by atoms with van der Waals surface area (Å²) in [5, 5.41) is 3.97. The summed E-state index contributed by atoms with van der Waals surface area (Å²) in [6, 6.07) is 17.9. The van der Waals surface area contributed by atoms with Crippen molar-refractivity contribution in [3.05, 3.63) is 92.9 Å². The molecule has 0 aliphatic heterocycles. The lowest BCUT2D eigenvalue weighted by Gasteiger charge is -2.34. The second-order valence-electron chi connectivity index (χ2n) is 10.6. The van der Waals surface area contributed by atoms with E-state index in [9.17, 15) is 18.0 Å². The minimum atomic E-state index is -3.94. The predicted molar refractivity (Wildman–Crippen MR) is 172 cm³/mol. The molecular weight excluding hydrogens is 633 g/mol. The van der Waals surface area contributed by atoms with E-state index in [0.717, 1.165) is 41.8 Å². The number of halogens is 3. The molecule has 0 spiro atoms. The van der Waals surface area contributed by atoms with Gasteiger partial charge in [-0.05, 0) is 54.3 Å². The molecular formula is C31H34Cl3N3O5S. The third-order valence-electron chi connectivity index (χ3n) is 7.41. The van der Waals surface area contributed by atoms with Crippen molar-refractivity contribution in [2.45, 2.75) is 50.7 Å². The van der Waals surface area contributed by atoms with Gasteiger partial charge in [-0.15, -0.1) is 0 Å². The number of nitrogens with zero attached hydrogens (tertiary/aromatic N) is 2. The molecule has 0 aromatic heterocycles. The number of amides is 2. The van der Waals surface area contributed by atoms with Gasteiger partial charge in [-0.1, -0.05) is 84.0 Å². The predicted octanol–water partition coefficient (Wildman–Crippen LogP) is 6.12. The molecule has 0 unspecified atom stereocenters. The molecule has 0 saturated heterocycles. The Hall–Kier alpha value is -2.98. The van der Waals surface area contributed by atoms with Crippen molar-refractivity contribution >= 4 is 62.3 Å². The Morgan fingerprint density at radius 3 is 2.23 bits per heavy atom. The molecule has 12 heteroatoms. The molecule has 3 aromatic carbocycles. The molecule has 0 heterocycles. The summed E-state index contributed by atoms with van der Waals surface area (Å²) in [6.07, 6.45) is 5.01. The van der Waals surface area contributed by atoms with Crippen molar-refractivity contribution in [1.29, 1.82) is 0 Å². The van der Waals surface area contributed by atoms with Crippen LogP contribution >= 0.6 is 34.8 Å². The highest BCUT2D eigenvalue weighted by molar-refractivity contribution is 7.92. The van der Waals surface area contributed by atoms with Crippen LogP contribution in [-0.4, -0.2) is 57.1 Å². The number of benzene rings is 3. The summed E-state index contributed by atoms with van der Waals surface area (Å²) >= 11 is 18.8. The Balaban J connectivity index is 1.74. The molecule has 1 aliphatic carbocycles. The molecule has 1 fully saturated rings. The number of carbonyl (C=O) groups is 2. The third kappa shape index (κ3) is 8.79. The van der Waals surface area contributed by atoms with E-state index in [4.69, 9.17) is 39.5 Å². The van der Waals surface area contributed by atoms with Crippen LogP contribution in [0, 0.1) is 0 Å². The fraction of sp³-hybridized carbons (Fsp3) is 0.355. The van der Waals surface area contributed by atoms with Gasteiger partial charge in [-0.25, -0.2) is 8.42 Å². The molecule has 1 N–H and O–H groups in total. The van der Waals surface area contributed by atoms with Gasteiger partial charge in [0.25, 0.3) is 0 Å². The van der Waals surface area contributed by atoms with E-state index in [1.165, 1.54) is 30.2 Å². The zero-order valence-electron chi connectivity index (χ0n) is 23.9. The highest BCUT2D eigenvalue weighted by atomic mass is 35.5. The van der Waals surface area contributed by atoms with E-state index in [1.807, 2.05) is 30.3 Å². The molecule has 1 atom stereocenters. The van der Waals surface area contributed by atoms with Gasteiger partial charge < -0.3 is 15.0 Å². The fourth-order valence-corrected chi connectivity index (χ4v) is 6.59. The largest absolute Gasteiger partial charge is 0.495 e. The standard InChI is InChI=1S/C31H34Cl3N3O5S/c1-42-29-15-13-24(18-27(29)34)37(43(2,40)41)20-30(38)36(19-22-12-14-25(32)26(33)16-22)28(17-21-8-4-3-5-9-21)31(39)35-23-10-6-7-11-23/h3-5,8-9,12-16,18,23,28H,6-7,10-11,17,19-20H2,1-2H3,(H,35,39)/t28-/m0/s1. The zero-order chi connectivity index (χ0) is 31.1. The van der Waals surface area contributed by atoms with Gasteiger partial charge in [0.05, 0.1) is 34.1 Å². The van der Waals surface area contributed by atoms with E-state index in [1.54, 1.807) is 18.2 Å². The van der Waals surface area contributed by atoms with Crippen LogP contribution < -0.4 is 14.4 Å². The minimum absolute atomic E-state index is 0.00766. The van der Waals surface area contributed by atoms with Gasteiger partial charge in [0, 0.05) is 19.0 Å². The molecule has 0 radical (unpaired) electrons. The summed E-state index contributed by atoms with van der Waals surface area (Å²) in [5.41, 5.74) is 1.67.